The second kappa shape index (κ2) is 8.52. The summed E-state index contributed by atoms with van der Waals surface area (Å²) in [5.41, 5.74) is 4.03. The van der Waals surface area contributed by atoms with Crippen LogP contribution in [0.25, 0.3) is 0 Å². The lowest BCUT2D eigenvalue weighted by Crippen LogP contribution is -2.11. The molecule has 0 aliphatic rings. The molecule has 1 amide bonds. The average molecular weight is 378 g/mol. The van der Waals surface area contributed by atoms with Gasteiger partial charge in [0, 0.05) is 42.3 Å². The quantitative estimate of drug-likeness (QED) is 0.604. The molecule has 1 N–H and O–H groups in total. The first-order chi connectivity index (χ1) is 13.0. The van der Waals surface area contributed by atoms with Crippen LogP contribution in [0.5, 0.6) is 0 Å². The molecule has 0 fully saturated rings. The monoisotopic (exact) mass is 377 g/mol. The van der Waals surface area contributed by atoms with Gasteiger partial charge in [-0.15, -0.1) is 0 Å². The number of carbonyl (C=O) groups is 1. The van der Waals surface area contributed by atoms with E-state index in [2.05, 4.69) is 10.3 Å². The number of nitrogens with one attached hydrogen (secondary N) is 1. The molecule has 0 saturated heterocycles. The molecule has 0 bridgehead atoms. The summed E-state index contributed by atoms with van der Waals surface area (Å²) in [5, 5.41) is 3.41. The Kier molecular flexibility index (Phi) is 5.89. The van der Waals surface area contributed by atoms with E-state index in [-0.39, 0.29) is 5.91 Å². The molecule has 5 heteroatoms. The van der Waals surface area contributed by atoms with E-state index in [9.17, 15) is 4.79 Å². The van der Waals surface area contributed by atoms with Crippen LogP contribution in [0.3, 0.4) is 0 Å². The van der Waals surface area contributed by atoms with Crippen molar-refractivity contribution in [3.05, 3.63) is 88.9 Å². The molecule has 3 aromatic carbocycles. The first kappa shape index (κ1) is 18.7. The van der Waals surface area contributed by atoms with E-state index in [1.165, 1.54) is 0 Å². The topological polar surface area (TPSA) is 44.7 Å². The van der Waals surface area contributed by atoms with Gasteiger partial charge in [0.15, 0.2) is 0 Å². The van der Waals surface area contributed by atoms with Gasteiger partial charge in [0.05, 0.1) is 5.69 Å². The maximum Gasteiger partial charge on any atom is 0.255 e. The summed E-state index contributed by atoms with van der Waals surface area (Å²) in [7, 11) is 4.01. The number of hydrogen-bond donors (Lipinski definition) is 1. The summed E-state index contributed by atoms with van der Waals surface area (Å²) in [6.45, 7) is 0. The Labute approximate surface area is 164 Å². The molecule has 0 radical (unpaired) electrons. The predicted octanol–water partition coefficient (Wildman–Crippen LogP) is 5.41. The zero-order chi connectivity index (χ0) is 19.2. The zero-order valence-electron chi connectivity index (χ0n) is 15.2. The highest BCUT2D eigenvalue weighted by Gasteiger charge is 2.07. The van der Waals surface area contributed by atoms with Crippen LogP contribution < -0.4 is 10.2 Å². The van der Waals surface area contributed by atoms with Gasteiger partial charge in [-0.3, -0.25) is 9.79 Å². The summed E-state index contributed by atoms with van der Waals surface area (Å²) < 4.78 is 0. The van der Waals surface area contributed by atoms with Gasteiger partial charge in [-0.05, 0) is 54.1 Å². The first-order valence-electron chi connectivity index (χ1n) is 8.50. The van der Waals surface area contributed by atoms with Crippen molar-refractivity contribution in [2.45, 2.75) is 0 Å². The summed E-state index contributed by atoms with van der Waals surface area (Å²) >= 11 is 5.95. The molecule has 4 nitrogen and oxygen atoms in total. The highest BCUT2D eigenvalue weighted by Crippen LogP contribution is 2.19. The minimum Gasteiger partial charge on any atom is -0.378 e. The number of halogens is 1. The Morgan fingerprint density at radius 3 is 2.44 bits per heavy atom. The summed E-state index contributed by atoms with van der Waals surface area (Å²) in [6.07, 6.45) is 1.79. The minimum absolute atomic E-state index is 0.204. The van der Waals surface area contributed by atoms with Gasteiger partial charge in [0.25, 0.3) is 5.91 Å². The van der Waals surface area contributed by atoms with Crippen molar-refractivity contribution in [3.8, 4) is 0 Å². The Hall–Kier alpha value is -3.11. The highest BCUT2D eigenvalue weighted by molar-refractivity contribution is 6.31. The lowest BCUT2D eigenvalue weighted by molar-refractivity contribution is 0.102. The maximum atomic E-state index is 12.4. The smallest absolute Gasteiger partial charge is 0.255 e. The van der Waals surface area contributed by atoms with Gasteiger partial charge in [-0.1, -0.05) is 35.9 Å². The molecule has 136 valence electrons. The molecule has 3 aromatic rings. The minimum atomic E-state index is -0.204. The van der Waals surface area contributed by atoms with Crippen LogP contribution >= 0.6 is 11.6 Å². The summed E-state index contributed by atoms with van der Waals surface area (Å²) in [4.78, 5) is 19.0. The molecule has 0 aromatic heterocycles. The van der Waals surface area contributed by atoms with E-state index in [0.29, 0.717) is 22.0 Å². The van der Waals surface area contributed by atoms with Gasteiger partial charge >= 0.3 is 0 Å². The zero-order valence-corrected chi connectivity index (χ0v) is 15.9. The number of nitrogens with zero attached hydrogens (tertiary/aromatic N) is 2. The molecule has 0 aliphatic heterocycles. The van der Waals surface area contributed by atoms with E-state index in [0.717, 1.165) is 11.3 Å². The van der Waals surface area contributed by atoms with Crippen LogP contribution in [0, 0.1) is 0 Å². The normalized spacial score (nSPS) is 10.8. The van der Waals surface area contributed by atoms with Crippen molar-refractivity contribution < 1.29 is 4.79 Å². The standard InChI is InChI=1S/C22H20ClN3O/c1-26(2)21-11-9-16(10-12-21)15-24-19-7-3-5-17(13-19)22(27)25-20-8-4-6-18(23)14-20/h3-15H,1-2H3,(H,25,27). The first-order valence-corrected chi connectivity index (χ1v) is 8.87. The number of amides is 1. The van der Waals surface area contributed by atoms with Crippen molar-refractivity contribution >= 4 is 40.8 Å². The largest absolute Gasteiger partial charge is 0.378 e. The SMILES string of the molecule is CN(C)c1ccc(C=Nc2cccc(C(=O)Nc3cccc(Cl)c3)c2)cc1. The van der Waals surface area contributed by atoms with E-state index >= 15 is 0 Å². The van der Waals surface area contributed by atoms with Crippen LogP contribution in [-0.2, 0) is 0 Å². The van der Waals surface area contributed by atoms with Crippen molar-refractivity contribution in [1.82, 2.24) is 0 Å². The Morgan fingerprint density at radius 2 is 1.74 bits per heavy atom. The number of anilines is 2. The fourth-order valence-electron chi connectivity index (χ4n) is 2.50. The Morgan fingerprint density at radius 1 is 1.00 bits per heavy atom. The second-order valence-corrected chi connectivity index (χ2v) is 6.70. The lowest BCUT2D eigenvalue weighted by atomic mass is 10.1. The maximum absolute atomic E-state index is 12.4. The molecule has 0 atom stereocenters. The third kappa shape index (κ3) is 5.19. The summed E-state index contributed by atoms with van der Waals surface area (Å²) in [5.74, 6) is -0.204. The molecule has 27 heavy (non-hydrogen) atoms. The van der Waals surface area contributed by atoms with Gasteiger partial charge in [-0.2, -0.15) is 0 Å². The molecule has 0 aliphatic carbocycles. The van der Waals surface area contributed by atoms with Crippen molar-refractivity contribution in [2.24, 2.45) is 4.99 Å². The number of aliphatic imine (C=N–C) groups is 1. The number of rotatable bonds is 5. The van der Waals surface area contributed by atoms with Crippen LogP contribution in [0.15, 0.2) is 77.8 Å². The van der Waals surface area contributed by atoms with Crippen molar-refractivity contribution in [1.29, 1.82) is 0 Å². The second-order valence-electron chi connectivity index (χ2n) is 6.26. The Bertz CT molecular complexity index is 965. The van der Waals surface area contributed by atoms with Gasteiger partial charge in [0.2, 0.25) is 0 Å². The third-order valence-electron chi connectivity index (χ3n) is 3.96. The van der Waals surface area contributed by atoms with E-state index in [1.54, 1.807) is 42.6 Å². The van der Waals surface area contributed by atoms with E-state index < -0.39 is 0 Å². The average Bonchev–Trinajstić information content (AvgIpc) is 2.67. The van der Waals surface area contributed by atoms with Crippen LogP contribution in [0.4, 0.5) is 17.1 Å². The predicted molar refractivity (Wildman–Crippen MR) is 114 cm³/mol. The third-order valence-corrected chi connectivity index (χ3v) is 4.20. The molecule has 0 spiro atoms. The molecule has 0 saturated carbocycles. The molecular formula is C22H20ClN3O. The summed E-state index contributed by atoms with van der Waals surface area (Å²) in [6, 6.07) is 22.3. The molecule has 3 rings (SSSR count). The molecule has 0 heterocycles. The Balaban J connectivity index is 1.72. The van der Waals surface area contributed by atoms with E-state index in [4.69, 9.17) is 11.6 Å². The molecule has 0 unspecified atom stereocenters. The van der Waals surface area contributed by atoms with Crippen LogP contribution in [0.2, 0.25) is 5.02 Å². The highest BCUT2D eigenvalue weighted by atomic mass is 35.5. The fraction of sp³-hybridized carbons (Fsp3) is 0.0909. The number of benzene rings is 3. The lowest BCUT2D eigenvalue weighted by Gasteiger charge is -2.11. The van der Waals surface area contributed by atoms with Gasteiger partial charge in [0.1, 0.15) is 0 Å². The van der Waals surface area contributed by atoms with Gasteiger partial charge in [-0.25, -0.2) is 0 Å². The van der Waals surface area contributed by atoms with Crippen LogP contribution in [-0.4, -0.2) is 26.2 Å². The fourth-order valence-corrected chi connectivity index (χ4v) is 2.69. The molecular weight excluding hydrogens is 358 g/mol. The van der Waals surface area contributed by atoms with Crippen LogP contribution in [0.1, 0.15) is 15.9 Å². The van der Waals surface area contributed by atoms with E-state index in [1.807, 2.05) is 55.4 Å². The van der Waals surface area contributed by atoms with Crippen molar-refractivity contribution in [3.63, 3.8) is 0 Å². The number of carbonyl (C=O) groups excluding carboxylic acids is 1. The number of hydrogen-bond acceptors (Lipinski definition) is 3. The van der Waals surface area contributed by atoms with Crippen molar-refractivity contribution in [2.75, 3.05) is 24.3 Å². The van der Waals surface area contributed by atoms with Gasteiger partial charge < -0.3 is 10.2 Å².